The van der Waals surface area contributed by atoms with Crippen LogP contribution >= 0.6 is 0 Å². The minimum absolute atomic E-state index is 0.347. The lowest BCUT2D eigenvalue weighted by Crippen LogP contribution is -2.41. The van der Waals surface area contributed by atoms with Crippen LogP contribution in [-0.2, 0) is 23.2 Å². The average Bonchev–Trinajstić information content (AvgIpc) is 2.97. The maximum absolute atomic E-state index is 12.4. The number of ether oxygens (including phenoxy) is 1. The molecule has 0 atom stereocenters. The number of carbonyl (C=O) groups is 1. The van der Waals surface area contributed by atoms with Gasteiger partial charge in [-0.25, -0.2) is 9.36 Å². The summed E-state index contributed by atoms with van der Waals surface area (Å²) in [7, 11) is 0. The number of nitrogens with one attached hydrogen (secondary N) is 1. The van der Waals surface area contributed by atoms with Crippen molar-refractivity contribution < 1.29 is 14.1 Å². The Labute approximate surface area is 258 Å². The second-order valence-corrected chi connectivity index (χ2v) is 12.8. The highest BCUT2D eigenvalue weighted by molar-refractivity contribution is 5.69. The Hall–Kier alpha value is -2.62. The van der Waals surface area contributed by atoms with Crippen LogP contribution in [0, 0.1) is 0 Å². The molecule has 42 heavy (non-hydrogen) atoms. The van der Waals surface area contributed by atoms with Gasteiger partial charge in [0.1, 0.15) is 6.54 Å². The van der Waals surface area contributed by atoms with E-state index in [9.17, 15) is 4.79 Å². The molecule has 0 fully saturated rings. The molecule has 1 aromatic heterocycles. The summed E-state index contributed by atoms with van der Waals surface area (Å²) in [5.41, 5.74) is 4.14. The molecule has 0 bridgehead atoms. The molecule has 0 radical (unpaired) electrons. The van der Waals surface area contributed by atoms with Crippen molar-refractivity contribution >= 4 is 11.7 Å². The largest absolute Gasteiger partial charge is 0.450 e. The number of aryl methyl sites for hydroxylation is 2. The standard InChI is InChI=1S/C38H60N2O2/c1-6-7-8-9-16-19-24-34-25-23-29-40(32-34)28-20-17-14-12-10-11-13-15-18-21-30-42-37(41)39-38(4,5)36-27-22-26-35(31-36)33(2)3/h22-23,25-27,29,31-32H,2,6-21,24,28,30H2,1,3-5H3/p+1. The zero-order chi connectivity index (χ0) is 30.5. The number of nitrogens with zero attached hydrogens (tertiary/aromatic N) is 1. The predicted octanol–water partition coefficient (Wildman–Crippen LogP) is 10.5. The van der Waals surface area contributed by atoms with E-state index in [0.717, 1.165) is 36.1 Å². The van der Waals surface area contributed by atoms with E-state index in [-0.39, 0.29) is 6.09 Å². The lowest BCUT2D eigenvalue weighted by molar-refractivity contribution is -0.697. The highest BCUT2D eigenvalue weighted by Crippen LogP contribution is 2.23. The van der Waals surface area contributed by atoms with Gasteiger partial charge >= 0.3 is 6.09 Å². The number of rotatable bonds is 23. The summed E-state index contributed by atoms with van der Waals surface area (Å²) in [6.07, 6.45) is 26.1. The Balaban J connectivity index is 1.43. The molecule has 2 aromatic rings. The minimum Gasteiger partial charge on any atom is -0.450 e. The van der Waals surface area contributed by atoms with Gasteiger partial charge < -0.3 is 10.1 Å². The van der Waals surface area contributed by atoms with Crippen molar-refractivity contribution in [2.24, 2.45) is 0 Å². The minimum atomic E-state index is -0.501. The topological polar surface area (TPSA) is 42.2 Å². The molecule has 0 saturated heterocycles. The molecular weight excluding hydrogens is 516 g/mol. The highest BCUT2D eigenvalue weighted by atomic mass is 16.5. The molecule has 1 aromatic carbocycles. The Bertz CT molecular complexity index is 1030. The number of carbonyl (C=O) groups excluding carboxylic acids is 1. The normalized spacial score (nSPS) is 11.4. The lowest BCUT2D eigenvalue weighted by atomic mass is 9.92. The lowest BCUT2D eigenvalue weighted by Gasteiger charge is -2.27. The van der Waals surface area contributed by atoms with Gasteiger partial charge in [-0.2, -0.15) is 0 Å². The summed E-state index contributed by atoms with van der Waals surface area (Å²) in [5.74, 6) is 0. The first-order valence-electron chi connectivity index (χ1n) is 17.0. The van der Waals surface area contributed by atoms with E-state index in [2.05, 4.69) is 54.0 Å². The number of aromatic nitrogens is 1. The van der Waals surface area contributed by atoms with Gasteiger partial charge in [0, 0.05) is 18.1 Å². The summed E-state index contributed by atoms with van der Waals surface area (Å²) in [4.78, 5) is 12.4. The smallest absolute Gasteiger partial charge is 0.407 e. The van der Waals surface area contributed by atoms with E-state index < -0.39 is 5.54 Å². The van der Waals surface area contributed by atoms with Crippen LogP contribution in [0.25, 0.3) is 5.57 Å². The van der Waals surface area contributed by atoms with Gasteiger partial charge in [0.25, 0.3) is 0 Å². The van der Waals surface area contributed by atoms with Crippen LogP contribution in [0.1, 0.15) is 147 Å². The number of pyridine rings is 1. The van der Waals surface area contributed by atoms with Crippen molar-refractivity contribution in [2.45, 2.75) is 149 Å². The molecule has 0 aliphatic carbocycles. The van der Waals surface area contributed by atoms with Crippen LogP contribution in [0.3, 0.4) is 0 Å². The van der Waals surface area contributed by atoms with Crippen LogP contribution in [0.15, 0.2) is 55.4 Å². The van der Waals surface area contributed by atoms with Crippen LogP contribution in [0.5, 0.6) is 0 Å². The van der Waals surface area contributed by atoms with Crippen LogP contribution < -0.4 is 9.88 Å². The van der Waals surface area contributed by atoms with Gasteiger partial charge in [-0.15, -0.1) is 0 Å². The van der Waals surface area contributed by atoms with Crippen molar-refractivity contribution in [2.75, 3.05) is 6.61 Å². The van der Waals surface area contributed by atoms with Crippen LogP contribution in [0.4, 0.5) is 4.79 Å². The SMILES string of the molecule is C=C(C)c1cccc(C(C)(C)NC(=O)OCCCCCCCCCCCC[n+]2cccc(CCCCCCCC)c2)c1. The Kier molecular flexibility index (Phi) is 17.9. The van der Waals surface area contributed by atoms with E-state index in [0.29, 0.717) is 6.61 Å². The third-order valence-corrected chi connectivity index (χ3v) is 8.27. The molecule has 4 nitrogen and oxygen atoms in total. The summed E-state index contributed by atoms with van der Waals surface area (Å²) in [6.45, 7) is 13.9. The molecule has 1 N–H and O–H groups in total. The third kappa shape index (κ3) is 15.6. The Morgan fingerprint density at radius 3 is 2.12 bits per heavy atom. The molecule has 0 aliphatic rings. The van der Waals surface area contributed by atoms with E-state index in [1.807, 2.05) is 39.0 Å². The van der Waals surface area contributed by atoms with Gasteiger partial charge in [0.2, 0.25) is 0 Å². The summed E-state index contributed by atoms with van der Waals surface area (Å²) in [6, 6.07) is 12.7. The van der Waals surface area contributed by atoms with Crippen molar-refractivity contribution in [3.63, 3.8) is 0 Å². The number of amides is 1. The number of benzene rings is 1. The quantitative estimate of drug-likeness (QED) is 0.105. The zero-order valence-electron chi connectivity index (χ0n) is 27.5. The number of allylic oxidation sites excluding steroid dienone is 1. The first-order valence-corrected chi connectivity index (χ1v) is 17.0. The van der Waals surface area contributed by atoms with Crippen molar-refractivity contribution in [1.82, 2.24) is 5.32 Å². The Morgan fingerprint density at radius 2 is 1.45 bits per heavy atom. The molecule has 4 heteroatoms. The molecule has 2 rings (SSSR count). The first-order chi connectivity index (χ1) is 20.3. The maximum atomic E-state index is 12.4. The van der Waals surface area contributed by atoms with E-state index >= 15 is 0 Å². The molecule has 1 heterocycles. The van der Waals surface area contributed by atoms with Crippen molar-refractivity contribution in [3.05, 3.63) is 72.1 Å². The molecule has 0 unspecified atom stereocenters. The molecule has 0 aliphatic heterocycles. The number of alkyl carbamates (subject to hydrolysis) is 1. The summed E-state index contributed by atoms with van der Waals surface area (Å²) in [5, 5.41) is 3.01. The molecule has 234 valence electrons. The molecule has 1 amide bonds. The number of hydrogen-bond acceptors (Lipinski definition) is 2. The van der Waals surface area contributed by atoms with Crippen LogP contribution in [0.2, 0.25) is 0 Å². The van der Waals surface area contributed by atoms with Gasteiger partial charge in [-0.05, 0) is 69.7 Å². The van der Waals surface area contributed by atoms with E-state index in [1.54, 1.807) is 0 Å². The highest BCUT2D eigenvalue weighted by Gasteiger charge is 2.24. The second-order valence-electron chi connectivity index (χ2n) is 12.8. The van der Waals surface area contributed by atoms with E-state index in [4.69, 9.17) is 4.74 Å². The summed E-state index contributed by atoms with van der Waals surface area (Å²) < 4.78 is 7.85. The predicted molar refractivity (Wildman–Crippen MR) is 179 cm³/mol. The van der Waals surface area contributed by atoms with Crippen molar-refractivity contribution in [1.29, 1.82) is 0 Å². The van der Waals surface area contributed by atoms with E-state index in [1.165, 1.54) is 102 Å². The van der Waals surface area contributed by atoms with Crippen LogP contribution in [-0.4, -0.2) is 12.7 Å². The number of unbranched alkanes of at least 4 members (excludes halogenated alkanes) is 14. The third-order valence-electron chi connectivity index (χ3n) is 8.27. The molecule has 0 spiro atoms. The van der Waals surface area contributed by atoms with Gasteiger partial charge in [-0.1, -0.05) is 114 Å². The molecular formula is C38H61N2O2+. The fourth-order valence-electron chi connectivity index (χ4n) is 5.49. The van der Waals surface area contributed by atoms with Gasteiger partial charge in [0.15, 0.2) is 12.4 Å². The van der Waals surface area contributed by atoms with Gasteiger partial charge in [0.05, 0.1) is 12.1 Å². The zero-order valence-corrected chi connectivity index (χ0v) is 27.5. The summed E-state index contributed by atoms with van der Waals surface area (Å²) >= 11 is 0. The average molecular weight is 578 g/mol. The first kappa shape index (κ1) is 35.6. The fraction of sp³-hybridized carbons (Fsp3) is 0.632. The maximum Gasteiger partial charge on any atom is 0.407 e. The van der Waals surface area contributed by atoms with Crippen molar-refractivity contribution in [3.8, 4) is 0 Å². The monoisotopic (exact) mass is 577 g/mol. The fourth-order valence-corrected chi connectivity index (χ4v) is 5.49. The molecule has 0 saturated carbocycles. The van der Waals surface area contributed by atoms with Gasteiger partial charge in [-0.3, -0.25) is 0 Å². The number of hydrogen-bond donors (Lipinski definition) is 1. The Morgan fingerprint density at radius 1 is 0.833 bits per heavy atom. The second kappa shape index (κ2) is 21.1.